The molecule has 0 saturated heterocycles. The summed E-state index contributed by atoms with van der Waals surface area (Å²) in [5, 5.41) is 2.58. The second-order valence-electron chi connectivity index (χ2n) is 8.47. The minimum absolute atomic E-state index is 0.229. The third kappa shape index (κ3) is 3.61. The summed E-state index contributed by atoms with van der Waals surface area (Å²) in [6.45, 7) is 2.01. The summed E-state index contributed by atoms with van der Waals surface area (Å²) >= 11 is 6.18. The molecule has 5 aromatic rings. The summed E-state index contributed by atoms with van der Waals surface area (Å²) in [7, 11) is 0. The third-order valence-corrected chi connectivity index (χ3v) is 6.50. The SMILES string of the molecule is CCc1nc(Cl)nc(-c2ccc3c(c2)c2ccccc2n3-c2cccc(C3=CCCC=C3)c2)n1. The Kier molecular flexibility index (Phi) is 5.23. The zero-order valence-electron chi connectivity index (χ0n) is 18.9. The van der Waals surface area contributed by atoms with Crippen molar-refractivity contribution >= 4 is 39.0 Å². The summed E-state index contributed by atoms with van der Waals surface area (Å²) in [6.07, 6.45) is 9.71. The van der Waals surface area contributed by atoms with Crippen LogP contribution >= 0.6 is 11.6 Å². The van der Waals surface area contributed by atoms with Crippen LogP contribution in [0.15, 0.2) is 85.0 Å². The number of rotatable bonds is 4. The number of fused-ring (bicyclic) bond motifs is 3. The maximum absolute atomic E-state index is 6.18. The molecule has 166 valence electrons. The van der Waals surface area contributed by atoms with E-state index in [1.807, 2.05) is 6.92 Å². The molecule has 0 atom stereocenters. The number of aromatic nitrogens is 4. The van der Waals surface area contributed by atoms with E-state index in [-0.39, 0.29) is 5.28 Å². The van der Waals surface area contributed by atoms with Gasteiger partial charge in [0.25, 0.3) is 0 Å². The predicted octanol–water partition coefficient (Wildman–Crippen LogP) is 7.58. The summed E-state index contributed by atoms with van der Waals surface area (Å²) in [5.74, 6) is 1.30. The van der Waals surface area contributed by atoms with E-state index in [0.29, 0.717) is 18.1 Å². The Morgan fingerprint density at radius 3 is 2.56 bits per heavy atom. The summed E-state index contributed by atoms with van der Waals surface area (Å²) < 4.78 is 2.34. The minimum Gasteiger partial charge on any atom is -0.309 e. The second-order valence-corrected chi connectivity index (χ2v) is 8.81. The van der Waals surface area contributed by atoms with Gasteiger partial charge < -0.3 is 4.57 Å². The summed E-state index contributed by atoms with van der Waals surface area (Å²) in [5.41, 5.74) is 6.92. The van der Waals surface area contributed by atoms with Gasteiger partial charge in [0.05, 0.1) is 11.0 Å². The Labute approximate surface area is 203 Å². The van der Waals surface area contributed by atoms with E-state index >= 15 is 0 Å². The van der Waals surface area contributed by atoms with Gasteiger partial charge in [0, 0.05) is 28.4 Å². The van der Waals surface area contributed by atoms with Crippen LogP contribution in [0.3, 0.4) is 0 Å². The predicted molar refractivity (Wildman–Crippen MR) is 140 cm³/mol. The number of hydrogen-bond acceptors (Lipinski definition) is 3. The van der Waals surface area contributed by atoms with Crippen LogP contribution in [-0.4, -0.2) is 19.5 Å². The fourth-order valence-electron chi connectivity index (χ4n) is 4.72. The summed E-state index contributed by atoms with van der Waals surface area (Å²) in [4.78, 5) is 13.2. The molecule has 0 radical (unpaired) electrons. The van der Waals surface area contributed by atoms with Crippen molar-refractivity contribution in [2.75, 3.05) is 0 Å². The molecule has 5 heteroatoms. The molecule has 0 saturated carbocycles. The van der Waals surface area contributed by atoms with E-state index < -0.39 is 0 Å². The molecule has 0 unspecified atom stereocenters. The first-order valence-electron chi connectivity index (χ1n) is 11.6. The molecule has 0 bridgehead atoms. The van der Waals surface area contributed by atoms with E-state index in [9.17, 15) is 0 Å². The van der Waals surface area contributed by atoms with Crippen LogP contribution in [0.5, 0.6) is 0 Å². The van der Waals surface area contributed by atoms with Crippen molar-refractivity contribution in [3.8, 4) is 17.1 Å². The van der Waals surface area contributed by atoms with Gasteiger partial charge in [0.15, 0.2) is 5.82 Å². The molecule has 3 aromatic carbocycles. The Balaban J connectivity index is 1.56. The molecular formula is C29H23ClN4. The normalized spacial score (nSPS) is 13.5. The minimum atomic E-state index is 0.229. The van der Waals surface area contributed by atoms with E-state index in [0.717, 1.165) is 35.0 Å². The third-order valence-electron chi connectivity index (χ3n) is 6.33. The molecule has 0 fully saturated rings. The van der Waals surface area contributed by atoms with Crippen molar-refractivity contribution in [2.45, 2.75) is 26.2 Å². The van der Waals surface area contributed by atoms with Gasteiger partial charge >= 0.3 is 0 Å². The van der Waals surface area contributed by atoms with Crippen LogP contribution in [0.4, 0.5) is 0 Å². The molecule has 34 heavy (non-hydrogen) atoms. The highest BCUT2D eigenvalue weighted by Gasteiger charge is 2.15. The molecule has 0 aliphatic heterocycles. The largest absolute Gasteiger partial charge is 0.309 e. The van der Waals surface area contributed by atoms with E-state index in [1.54, 1.807) is 0 Å². The molecule has 0 amide bonds. The average molecular weight is 463 g/mol. The Hall–Kier alpha value is -3.76. The molecule has 2 heterocycles. The van der Waals surface area contributed by atoms with Gasteiger partial charge in [-0.05, 0) is 72.0 Å². The van der Waals surface area contributed by atoms with Crippen molar-refractivity contribution in [3.05, 3.63) is 102 Å². The Bertz CT molecular complexity index is 1610. The molecule has 2 aromatic heterocycles. The molecule has 1 aliphatic carbocycles. The zero-order valence-corrected chi connectivity index (χ0v) is 19.6. The van der Waals surface area contributed by atoms with Gasteiger partial charge in [0.1, 0.15) is 5.82 Å². The number of aryl methyl sites for hydroxylation is 1. The van der Waals surface area contributed by atoms with Gasteiger partial charge in [-0.1, -0.05) is 55.5 Å². The number of allylic oxidation sites excluding steroid dienone is 4. The first-order valence-corrected chi connectivity index (χ1v) is 12.0. The highest BCUT2D eigenvalue weighted by atomic mass is 35.5. The van der Waals surface area contributed by atoms with Gasteiger partial charge in [-0.15, -0.1) is 0 Å². The molecule has 0 N–H and O–H groups in total. The van der Waals surface area contributed by atoms with Crippen LogP contribution in [0, 0.1) is 0 Å². The van der Waals surface area contributed by atoms with Crippen molar-refractivity contribution in [1.29, 1.82) is 0 Å². The van der Waals surface area contributed by atoms with Crippen LogP contribution in [-0.2, 0) is 6.42 Å². The second kappa shape index (κ2) is 8.54. The Morgan fingerprint density at radius 2 is 1.71 bits per heavy atom. The first-order chi connectivity index (χ1) is 16.7. The average Bonchev–Trinajstić information content (AvgIpc) is 3.22. The van der Waals surface area contributed by atoms with Crippen LogP contribution in [0.2, 0.25) is 5.28 Å². The van der Waals surface area contributed by atoms with Crippen molar-refractivity contribution in [2.24, 2.45) is 0 Å². The first kappa shape index (κ1) is 20.8. The fraction of sp³-hybridized carbons (Fsp3) is 0.138. The smallest absolute Gasteiger partial charge is 0.226 e. The van der Waals surface area contributed by atoms with Crippen molar-refractivity contribution in [1.82, 2.24) is 19.5 Å². The fourth-order valence-corrected chi connectivity index (χ4v) is 4.90. The molecule has 6 rings (SSSR count). The number of nitrogens with zero attached hydrogens (tertiary/aromatic N) is 4. The highest BCUT2D eigenvalue weighted by molar-refractivity contribution is 6.28. The van der Waals surface area contributed by atoms with Gasteiger partial charge in [-0.3, -0.25) is 0 Å². The van der Waals surface area contributed by atoms with Crippen molar-refractivity contribution < 1.29 is 0 Å². The number of hydrogen-bond donors (Lipinski definition) is 0. The maximum Gasteiger partial charge on any atom is 0.226 e. The van der Waals surface area contributed by atoms with E-state index in [2.05, 4.69) is 104 Å². The quantitative estimate of drug-likeness (QED) is 0.276. The summed E-state index contributed by atoms with van der Waals surface area (Å²) in [6, 6.07) is 23.7. The van der Waals surface area contributed by atoms with E-state index in [4.69, 9.17) is 11.6 Å². The lowest BCUT2D eigenvalue weighted by molar-refractivity contribution is 0.904. The van der Waals surface area contributed by atoms with Crippen LogP contribution in [0.25, 0.3) is 44.5 Å². The van der Waals surface area contributed by atoms with Crippen LogP contribution < -0.4 is 0 Å². The lowest BCUT2D eigenvalue weighted by Crippen LogP contribution is -1.99. The van der Waals surface area contributed by atoms with E-state index in [1.165, 1.54) is 22.0 Å². The van der Waals surface area contributed by atoms with Gasteiger partial charge in [0.2, 0.25) is 5.28 Å². The number of benzene rings is 3. The highest BCUT2D eigenvalue weighted by Crippen LogP contribution is 2.35. The molecular weight excluding hydrogens is 440 g/mol. The lowest BCUT2D eigenvalue weighted by atomic mass is 9.99. The monoisotopic (exact) mass is 462 g/mol. The number of para-hydroxylation sites is 1. The maximum atomic E-state index is 6.18. The van der Waals surface area contributed by atoms with Gasteiger partial charge in [-0.25, -0.2) is 9.97 Å². The lowest BCUT2D eigenvalue weighted by Gasteiger charge is -2.12. The number of halogens is 1. The molecule has 0 spiro atoms. The van der Waals surface area contributed by atoms with Gasteiger partial charge in [-0.2, -0.15) is 4.98 Å². The topological polar surface area (TPSA) is 43.6 Å². The Morgan fingerprint density at radius 1 is 0.824 bits per heavy atom. The molecule has 4 nitrogen and oxygen atoms in total. The molecule has 1 aliphatic rings. The zero-order chi connectivity index (χ0) is 23.1. The van der Waals surface area contributed by atoms with Crippen molar-refractivity contribution in [3.63, 3.8) is 0 Å². The standard InChI is InChI=1S/C29H23ClN4/c1-2-27-31-28(33-29(30)32-27)21-15-16-26-24(18-21)23-13-6-7-14-25(23)34(26)22-12-8-11-20(17-22)19-9-4-3-5-10-19/h4,6-18H,2-3,5H2,1H3. The van der Waals surface area contributed by atoms with Crippen LogP contribution in [0.1, 0.15) is 31.2 Å².